The molecule has 8 heteroatoms. The Morgan fingerprint density at radius 2 is 2.15 bits per heavy atom. The highest BCUT2D eigenvalue weighted by molar-refractivity contribution is 7.80. The van der Waals surface area contributed by atoms with Gasteiger partial charge in [0, 0.05) is 18.3 Å². The van der Waals surface area contributed by atoms with Gasteiger partial charge < -0.3 is 10.6 Å². The number of anilines is 2. The van der Waals surface area contributed by atoms with E-state index in [1.54, 1.807) is 4.90 Å². The van der Waals surface area contributed by atoms with Crippen LogP contribution in [0.5, 0.6) is 0 Å². The number of amides is 1. The van der Waals surface area contributed by atoms with Crippen LogP contribution in [0.1, 0.15) is 36.6 Å². The maximum absolute atomic E-state index is 12.3. The number of aromatic nitrogens is 1. The number of carbonyl (C=O) groups is 1. The molecule has 1 aliphatic rings. The molecule has 0 bridgehead atoms. The van der Waals surface area contributed by atoms with Gasteiger partial charge in [-0.15, -0.1) is 11.3 Å². The van der Waals surface area contributed by atoms with Gasteiger partial charge in [0.15, 0.2) is 10.2 Å². The number of hydrogen-bond donors (Lipinski definition) is 2. The molecule has 0 radical (unpaired) electrons. The molecule has 1 aliphatic carbocycles. The third-order valence-corrected chi connectivity index (χ3v) is 5.44. The van der Waals surface area contributed by atoms with Crippen LogP contribution in [-0.2, 0) is 11.3 Å². The highest BCUT2D eigenvalue weighted by Crippen LogP contribution is 2.37. The Morgan fingerprint density at radius 1 is 1.42 bits per heavy atom. The zero-order valence-corrected chi connectivity index (χ0v) is 17.3. The Hall–Kier alpha value is -1.70. The summed E-state index contributed by atoms with van der Waals surface area (Å²) in [6, 6.07) is 4.38. The van der Waals surface area contributed by atoms with Crippen molar-refractivity contribution in [2.75, 3.05) is 4.90 Å². The number of thiocarbonyl (C=S) groups is 1. The van der Waals surface area contributed by atoms with E-state index in [2.05, 4.69) is 15.6 Å². The molecule has 138 valence electrons. The van der Waals surface area contributed by atoms with Crippen molar-refractivity contribution in [1.82, 2.24) is 15.6 Å². The molecule has 0 aliphatic heterocycles. The molecule has 1 saturated carbocycles. The SMILES string of the molecule is CC(=O)N(c1nc(CNC(=S)NC2CC2)cs1)c1c(C)cc(C)cc1Cl. The third kappa shape index (κ3) is 4.52. The van der Waals surface area contributed by atoms with Crippen molar-refractivity contribution in [2.24, 2.45) is 0 Å². The summed E-state index contributed by atoms with van der Waals surface area (Å²) < 4.78 is 0. The van der Waals surface area contributed by atoms with E-state index in [0.717, 1.165) is 16.8 Å². The van der Waals surface area contributed by atoms with Crippen molar-refractivity contribution >= 4 is 57.0 Å². The minimum absolute atomic E-state index is 0.126. The van der Waals surface area contributed by atoms with E-state index in [1.165, 1.54) is 31.1 Å². The van der Waals surface area contributed by atoms with Crippen molar-refractivity contribution in [1.29, 1.82) is 0 Å². The van der Waals surface area contributed by atoms with Gasteiger partial charge in [-0.2, -0.15) is 0 Å². The smallest absolute Gasteiger partial charge is 0.230 e. The van der Waals surface area contributed by atoms with Gasteiger partial charge in [-0.1, -0.05) is 17.7 Å². The average Bonchev–Trinajstić information content (AvgIpc) is 3.23. The Balaban J connectivity index is 1.78. The zero-order valence-electron chi connectivity index (χ0n) is 14.9. The summed E-state index contributed by atoms with van der Waals surface area (Å²) in [7, 11) is 0. The van der Waals surface area contributed by atoms with Crippen molar-refractivity contribution < 1.29 is 4.79 Å². The Kier molecular flexibility index (Phi) is 5.79. The van der Waals surface area contributed by atoms with E-state index in [9.17, 15) is 4.79 Å². The number of benzene rings is 1. The van der Waals surface area contributed by atoms with E-state index >= 15 is 0 Å². The van der Waals surface area contributed by atoms with Crippen LogP contribution in [0.15, 0.2) is 17.5 Å². The van der Waals surface area contributed by atoms with Crippen molar-refractivity contribution in [3.8, 4) is 0 Å². The van der Waals surface area contributed by atoms with Crippen molar-refractivity contribution in [3.05, 3.63) is 39.4 Å². The summed E-state index contributed by atoms with van der Waals surface area (Å²) in [4.78, 5) is 18.5. The van der Waals surface area contributed by atoms with Crippen LogP contribution >= 0.6 is 35.2 Å². The normalized spacial score (nSPS) is 13.4. The molecule has 26 heavy (non-hydrogen) atoms. The summed E-state index contributed by atoms with van der Waals surface area (Å²) in [5.74, 6) is -0.126. The monoisotopic (exact) mass is 408 g/mol. The fourth-order valence-corrected chi connectivity index (χ4v) is 4.21. The van der Waals surface area contributed by atoms with Crippen LogP contribution < -0.4 is 15.5 Å². The molecule has 0 unspecified atom stereocenters. The first-order valence-electron chi connectivity index (χ1n) is 8.41. The van der Waals surface area contributed by atoms with Crippen LogP contribution in [0.2, 0.25) is 5.02 Å². The van der Waals surface area contributed by atoms with E-state index in [1.807, 2.05) is 31.4 Å². The molecule has 1 aromatic heterocycles. The lowest BCUT2D eigenvalue weighted by Gasteiger charge is -2.22. The standard InChI is InChI=1S/C18H21ClN4OS2/c1-10-6-11(2)16(15(19)7-10)23(12(3)24)18-22-14(9-26-18)8-20-17(25)21-13-4-5-13/h6-7,9,13H,4-5,8H2,1-3H3,(H2,20,21,25). The van der Waals surface area contributed by atoms with Crippen LogP contribution in [0.4, 0.5) is 10.8 Å². The summed E-state index contributed by atoms with van der Waals surface area (Å²) in [6.45, 7) is 5.96. The number of hydrogen-bond acceptors (Lipinski definition) is 4. The molecule has 2 aromatic rings. The van der Waals surface area contributed by atoms with Gasteiger partial charge in [0.25, 0.3) is 0 Å². The van der Waals surface area contributed by atoms with Gasteiger partial charge in [0.2, 0.25) is 5.91 Å². The lowest BCUT2D eigenvalue weighted by atomic mass is 10.1. The predicted octanol–water partition coefficient (Wildman–Crippen LogP) is 4.22. The molecule has 0 saturated heterocycles. The van der Waals surface area contributed by atoms with E-state index in [0.29, 0.717) is 33.5 Å². The predicted molar refractivity (Wildman–Crippen MR) is 111 cm³/mol. The molecule has 3 rings (SSSR count). The summed E-state index contributed by atoms with van der Waals surface area (Å²) in [6.07, 6.45) is 2.35. The largest absolute Gasteiger partial charge is 0.360 e. The third-order valence-electron chi connectivity index (χ3n) is 4.01. The van der Waals surface area contributed by atoms with Crippen LogP contribution in [-0.4, -0.2) is 22.0 Å². The molecule has 1 amide bonds. The van der Waals surface area contributed by atoms with Gasteiger partial charge in [0.1, 0.15) is 0 Å². The number of rotatable bonds is 5. The second-order valence-electron chi connectivity index (χ2n) is 6.49. The second-order valence-corrected chi connectivity index (χ2v) is 8.14. The van der Waals surface area contributed by atoms with Gasteiger partial charge in [-0.05, 0) is 56.1 Å². The number of carbonyl (C=O) groups excluding carboxylic acids is 1. The fourth-order valence-electron chi connectivity index (χ4n) is 2.69. The topological polar surface area (TPSA) is 57.3 Å². The average molecular weight is 409 g/mol. The number of thiazole rings is 1. The van der Waals surface area contributed by atoms with Crippen LogP contribution in [0.3, 0.4) is 0 Å². The highest BCUT2D eigenvalue weighted by Gasteiger charge is 2.23. The lowest BCUT2D eigenvalue weighted by Crippen LogP contribution is -2.36. The molecule has 1 fully saturated rings. The molecule has 1 heterocycles. The second kappa shape index (κ2) is 7.90. The molecular weight excluding hydrogens is 388 g/mol. The maximum atomic E-state index is 12.3. The molecule has 2 N–H and O–H groups in total. The minimum Gasteiger partial charge on any atom is -0.360 e. The molecule has 1 aromatic carbocycles. The highest BCUT2D eigenvalue weighted by atomic mass is 35.5. The quantitative estimate of drug-likeness (QED) is 0.725. The molecule has 5 nitrogen and oxygen atoms in total. The first-order chi connectivity index (χ1) is 12.3. The first-order valence-corrected chi connectivity index (χ1v) is 10.1. The van der Waals surface area contributed by atoms with E-state index in [-0.39, 0.29) is 5.91 Å². The van der Waals surface area contributed by atoms with Crippen LogP contribution in [0, 0.1) is 13.8 Å². The Labute approximate surface area is 167 Å². The Morgan fingerprint density at radius 3 is 2.77 bits per heavy atom. The number of nitrogens with one attached hydrogen (secondary N) is 2. The number of halogens is 1. The fraction of sp³-hybridized carbons (Fsp3) is 0.389. The number of nitrogens with zero attached hydrogens (tertiary/aromatic N) is 2. The van der Waals surface area contributed by atoms with E-state index in [4.69, 9.17) is 23.8 Å². The van der Waals surface area contributed by atoms with Gasteiger partial charge in [-0.3, -0.25) is 9.69 Å². The maximum Gasteiger partial charge on any atom is 0.230 e. The molecular formula is C18H21ClN4OS2. The van der Waals surface area contributed by atoms with Gasteiger partial charge in [-0.25, -0.2) is 4.98 Å². The van der Waals surface area contributed by atoms with Gasteiger partial charge in [0.05, 0.1) is 22.9 Å². The number of aryl methyl sites for hydroxylation is 2. The summed E-state index contributed by atoms with van der Waals surface area (Å²) >= 11 is 13.1. The minimum atomic E-state index is -0.126. The Bertz CT molecular complexity index is 824. The van der Waals surface area contributed by atoms with E-state index < -0.39 is 0 Å². The first kappa shape index (κ1) is 19.1. The summed E-state index contributed by atoms with van der Waals surface area (Å²) in [5, 5.41) is 10.1. The van der Waals surface area contributed by atoms with Crippen molar-refractivity contribution in [3.63, 3.8) is 0 Å². The van der Waals surface area contributed by atoms with Crippen molar-refractivity contribution in [2.45, 2.75) is 46.2 Å². The lowest BCUT2D eigenvalue weighted by molar-refractivity contribution is -0.115. The summed E-state index contributed by atoms with van der Waals surface area (Å²) in [5.41, 5.74) is 3.51. The van der Waals surface area contributed by atoms with Crippen LogP contribution in [0.25, 0.3) is 0 Å². The zero-order chi connectivity index (χ0) is 18.8. The molecule has 0 atom stereocenters. The molecule has 0 spiro atoms. The van der Waals surface area contributed by atoms with Gasteiger partial charge >= 0.3 is 0 Å².